The largest absolute Gasteiger partial charge is 0.489 e. The zero-order valence-corrected chi connectivity index (χ0v) is 24.2. The molecule has 0 radical (unpaired) electrons. The Morgan fingerprint density at radius 1 is 1.07 bits per heavy atom. The molecule has 0 saturated carbocycles. The van der Waals surface area contributed by atoms with Gasteiger partial charge in [-0.25, -0.2) is 14.4 Å². The van der Waals surface area contributed by atoms with Gasteiger partial charge in [-0.1, -0.05) is 39.0 Å². The van der Waals surface area contributed by atoms with Gasteiger partial charge < -0.3 is 34.3 Å². The number of nitrogens with zero attached hydrogens (tertiary/aromatic N) is 2. The van der Waals surface area contributed by atoms with Crippen LogP contribution in [-0.2, 0) is 36.9 Å². The number of carboxylic acid groups (broad SMARTS) is 1. The first-order valence-corrected chi connectivity index (χ1v) is 13.7. The van der Waals surface area contributed by atoms with Crippen molar-refractivity contribution in [3.05, 3.63) is 41.5 Å². The standard InChI is InChI=1S/C29H39N3O9/c1-28(2,3)23-24(33)32-15-19(13-21(32)25(34)35)41-27(37)31-14-18-9-8-10-22(20(18)16-31)38-11-6-7-12-40-29(4,5)17-39-26(36)30-23/h6-10,19,21,23H,11-17H2,1-5H3,(H,30,36)(H,34,35). The molecule has 0 spiro atoms. The number of ether oxygens (including phenoxy) is 4. The van der Waals surface area contributed by atoms with Gasteiger partial charge in [-0.05, 0) is 37.0 Å². The highest BCUT2D eigenvalue weighted by molar-refractivity contribution is 5.90. The summed E-state index contributed by atoms with van der Waals surface area (Å²) in [5, 5.41) is 12.5. The van der Waals surface area contributed by atoms with Gasteiger partial charge in [0.2, 0.25) is 5.91 Å². The molecule has 3 aliphatic rings. The lowest BCUT2D eigenvalue weighted by Crippen LogP contribution is -2.57. The van der Waals surface area contributed by atoms with Crippen LogP contribution in [0.5, 0.6) is 5.75 Å². The van der Waals surface area contributed by atoms with Crippen molar-refractivity contribution in [1.29, 1.82) is 0 Å². The molecule has 1 saturated heterocycles. The Morgan fingerprint density at radius 3 is 2.51 bits per heavy atom. The van der Waals surface area contributed by atoms with Crippen molar-refractivity contribution >= 4 is 24.1 Å². The van der Waals surface area contributed by atoms with Crippen LogP contribution in [0.2, 0.25) is 0 Å². The van der Waals surface area contributed by atoms with E-state index in [0.717, 1.165) is 16.0 Å². The summed E-state index contributed by atoms with van der Waals surface area (Å²) in [6, 6.07) is 3.30. The molecule has 1 aromatic carbocycles. The number of benzene rings is 1. The van der Waals surface area contributed by atoms with Crippen LogP contribution in [0, 0.1) is 5.41 Å². The Balaban J connectivity index is 1.59. The normalized spacial score (nSPS) is 25.8. The number of hydrogen-bond acceptors (Lipinski definition) is 8. The first-order valence-electron chi connectivity index (χ1n) is 13.7. The van der Waals surface area contributed by atoms with E-state index in [9.17, 15) is 24.3 Å². The van der Waals surface area contributed by atoms with Gasteiger partial charge in [-0.2, -0.15) is 0 Å². The summed E-state index contributed by atoms with van der Waals surface area (Å²) in [6.07, 6.45) is 1.29. The third kappa shape index (κ3) is 7.29. The Bertz CT molecular complexity index is 1210. The van der Waals surface area contributed by atoms with Crippen molar-refractivity contribution in [2.24, 2.45) is 5.41 Å². The van der Waals surface area contributed by atoms with Crippen LogP contribution in [-0.4, -0.2) is 89.1 Å². The first kappa shape index (κ1) is 30.2. The molecule has 4 bridgehead atoms. The highest BCUT2D eigenvalue weighted by atomic mass is 16.6. The summed E-state index contributed by atoms with van der Waals surface area (Å²) >= 11 is 0. The summed E-state index contributed by atoms with van der Waals surface area (Å²) < 4.78 is 22.9. The van der Waals surface area contributed by atoms with Crippen molar-refractivity contribution in [2.45, 2.75) is 77.9 Å². The van der Waals surface area contributed by atoms with Crippen LogP contribution in [0.3, 0.4) is 0 Å². The van der Waals surface area contributed by atoms with Crippen LogP contribution in [0.1, 0.15) is 52.2 Å². The second kappa shape index (κ2) is 12.0. The molecular formula is C29H39N3O9. The lowest BCUT2D eigenvalue weighted by molar-refractivity contribution is -0.150. The lowest BCUT2D eigenvalue weighted by Gasteiger charge is -2.34. The van der Waals surface area contributed by atoms with Crippen LogP contribution in [0.25, 0.3) is 0 Å². The molecule has 2 N–H and O–H groups in total. The van der Waals surface area contributed by atoms with Gasteiger partial charge in [0.1, 0.15) is 37.2 Å². The van der Waals surface area contributed by atoms with Crippen molar-refractivity contribution < 1.29 is 43.2 Å². The number of carbonyl (C=O) groups excluding carboxylic acids is 3. The van der Waals surface area contributed by atoms with Gasteiger partial charge in [0.25, 0.3) is 0 Å². The molecule has 3 aliphatic heterocycles. The van der Waals surface area contributed by atoms with Crippen molar-refractivity contribution in [2.75, 3.05) is 26.4 Å². The zero-order valence-electron chi connectivity index (χ0n) is 24.2. The Labute approximate surface area is 239 Å². The summed E-state index contributed by atoms with van der Waals surface area (Å²) in [5.74, 6) is -1.17. The number of amides is 3. The maximum atomic E-state index is 13.7. The second-order valence-corrected chi connectivity index (χ2v) is 12.2. The number of fused-ring (bicyclic) bond motifs is 3. The van der Waals surface area contributed by atoms with Crippen molar-refractivity contribution in [3.63, 3.8) is 0 Å². The fraction of sp³-hybridized carbons (Fsp3) is 0.586. The maximum Gasteiger partial charge on any atom is 0.410 e. The second-order valence-electron chi connectivity index (χ2n) is 12.2. The predicted molar refractivity (Wildman–Crippen MR) is 146 cm³/mol. The highest BCUT2D eigenvalue weighted by Gasteiger charge is 2.47. The van der Waals surface area contributed by atoms with Crippen molar-refractivity contribution in [3.8, 4) is 5.75 Å². The molecule has 0 aromatic heterocycles. The molecule has 12 nitrogen and oxygen atoms in total. The number of alkyl carbamates (subject to hydrolysis) is 1. The smallest absolute Gasteiger partial charge is 0.410 e. The molecule has 3 amide bonds. The van der Waals surface area contributed by atoms with E-state index in [4.69, 9.17) is 18.9 Å². The average molecular weight is 574 g/mol. The molecule has 224 valence electrons. The van der Waals surface area contributed by atoms with E-state index in [2.05, 4.69) is 5.32 Å². The number of rotatable bonds is 1. The number of carbonyl (C=O) groups is 4. The average Bonchev–Trinajstić information content (AvgIpc) is 3.52. The van der Waals surface area contributed by atoms with Gasteiger partial charge in [0, 0.05) is 18.5 Å². The summed E-state index contributed by atoms with van der Waals surface area (Å²) in [5.41, 5.74) is 0.220. The molecule has 1 aromatic rings. The van der Waals surface area contributed by atoms with E-state index in [1.54, 1.807) is 40.7 Å². The Morgan fingerprint density at radius 2 is 1.80 bits per heavy atom. The molecule has 3 unspecified atom stereocenters. The summed E-state index contributed by atoms with van der Waals surface area (Å²) in [6.45, 7) is 9.76. The van der Waals surface area contributed by atoms with Gasteiger partial charge in [-0.3, -0.25) is 9.69 Å². The number of nitrogens with one attached hydrogen (secondary N) is 1. The van der Waals surface area contributed by atoms with Gasteiger partial charge in [0.05, 0.1) is 25.3 Å². The zero-order chi connectivity index (χ0) is 29.9. The van der Waals surface area contributed by atoms with E-state index >= 15 is 0 Å². The summed E-state index contributed by atoms with van der Waals surface area (Å²) in [7, 11) is 0. The van der Waals surface area contributed by atoms with Gasteiger partial charge >= 0.3 is 18.2 Å². The molecule has 1 fully saturated rings. The first-order chi connectivity index (χ1) is 19.2. The van der Waals surface area contributed by atoms with Crippen LogP contribution in [0.15, 0.2) is 30.4 Å². The number of carboxylic acids is 1. The minimum absolute atomic E-state index is 0.0683. The molecule has 12 heteroatoms. The van der Waals surface area contributed by atoms with E-state index in [1.807, 2.05) is 24.3 Å². The fourth-order valence-corrected chi connectivity index (χ4v) is 5.04. The number of aliphatic carboxylic acids is 1. The quantitative estimate of drug-likeness (QED) is 0.484. The van der Waals surface area contributed by atoms with Crippen LogP contribution >= 0.6 is 0 Å². The van der Waals surface area contributed by atoms with E-state index in [-0.39, 0.29) is 32.7 Å². The van der Waals surface area contributed by atoms with Crippen LogP contribution in [0.4, 0.5) is 9.59 Å². The minimum atomic E-state index is -1.22. The fourth-order valence-electron chi connectivity index (χ4n) is 5.04. The van der Waals surface area contributed by atoms with E-state index in [1.165, 1.54) is 4.90 Å². The Hall–Kier alpha value is -3.80. The maximum absolute atomic E-state index is 13.7. The van der Waals surface area contributed by atoms with Crippen LogP contribution < -0.4 is 10.1 Å². The third-order valence-electron chi connectivity index (χ3n) is 7.29. The molecule has 0 aliphatic carbocycles. The molecular weight excluding hydrogens is 534 g/mol. The Kier molecular flexibility index (Phi) is 8.81. The predicted octanol–water partition coefficient (Wildman–Crippen LogP) is 3.08. The molecule has 41 heavy (non-hydrogen) atoms. The van der Waals surface area contributed by atoms with E-state index < -0.39 is 53.3 Å². The van der Waals surface area contributed by atoms with Gasteiger partial charge in [0.15, 0.2) is 0 Å². The van der Waals surface area contributed by atoms with E-state index in [0.29, 0.717) is 18.9 Å². The third-order valence-corrected chi connectivity index (χ3v) is 7.29. The lowest BCUT2D eigenvalue weighted by atomic mass is 9.85. The number of cyclic esters (lactones) is 1. The highest BCUT2D eigenvalue weighted by Crippen LogP contribution is 2.33. The molecule has 4 rings (SSSR count). The molecule has 3 heterocycles. The van der Waals surface area contributed by atoms with Gasteiger partial charge in [-0.15, -0.1) is 0 Å². The number of hydrogen-bond donors (Lipinski definition) is 2. The SMILES string of the molecule is CC1(C)COC(=O)NC(C(C)(C)C)C(=O)N2CC(CC2C(=O)O)OC(=O)N2Cc3cccc(c3C2)OCC=CCO1. The minimum Gasteiger partial charge on any atom is -0.489 e. The summed E-state index contributed by atoms with van der Waals surface area (Å²) in [4.78, 5) is 54.4. The molecule has 3 atom stereocenters. The topological polar surface area (TPSA) is 144 Å². The van der Waals surface area contributed by atoms with Crippen molar-refractivity contribution in [1.82, 2.24) is 15.1 Å². The monoisotopic (exact) mass is 573 g/mol.